The van der Waals surface area contributed by atoms with E-state index in [2.05, 4.69) is 0 Å². The SMILES string of the molecule is COC(=O)c1cccn1C1CCN(C(=O)C2(c3ccc(F)cc3)CCC2)CC1. The molecule has 0 spiro atoms. The first-order valence-corrected chi connectivity index (χ1v) is 9.86. The van der Waals surface area contributed by atoms with Crippen LogP contribution in [0.3, 0.4) is 0 Å². The second kappa shape index (κ2) is 7.41. The van der Waals surface area contributed by atoms with Gasteiger partial charge < -0.3 is 14.2 Å². The van der Waals surface area contributed by atoms with Gasteiger partial charge in [0.15, 0.2) is 0 Å². The van der Waals surface area contributed by atoms with Crippen molar-refractivity contribution in [3.05, 3.63) is 59.7 Å². The highest BCUT2D eigenvalue weighted by atomic mass is 19.1. The van der Waals surface area contributed by atoms with Gasteiger partial charge >= 0.3 is 5.97 Å². The molecule has 1 aromatic carbocycles. The van der Waals surface area contributed by atoms with Crippen molar-refractivity contribution in [3.63, 3.8) is 0 Å². The van der Waals surface area contributed by atoms with Gasteiger partial charge in [-0.1, -0.05) is 18.6 Å². The smallest absolute Gasteiger partial charge is 0.354 e. The van der Waals surface area contributed by atoms with Crippen molar-refractivity contribution in [2.24, 2.45) is 0 Å². The quantitative estimate of drug-likeness (QED) is 0.756. The number of carbonyl (C=O) groups excluding carboxylic acids is 2. The van der Waals surface area contributed by atoms with Crippen LogP contribution < -0.4 is 0 Å². The molecule has 2 heterocycles. The number of nitrogens with zero attached hydrogens (tertiary/aromatic N) is 2. The Labute approximate surface area is 164 Å². The molecule has 1 aliphatic carbocycles. The average molecular weight is 384 g/mol. The Kier molecular flexibility index (Phi) is 4.96. The van der Waals surface area contributed by atoms with Crippen LogP contribution in [0.5, 0.6) is 0 Å². The predicted octanol–water partition coefficient (Wildman–Crippen LogP) is 3.70. The van der Waals surface area contributed by atoms with Gasteiger partial charge in [-0.15, -0.1) is 0 Å². The summed E-state index contributed by atoms with van der Waals surface area (Å²) in [6.07, 6.45) is 6.16. The Morgan fingerprint density at radius 3 is 2.36 bits per heavy atom. The van der Waals surface area contributed by atoms with Crippen LogP contribution in [0.2, 0.25) is 0 Å². The van der Waals surface area contributed by atoms with Crippen LogP contribution in [0.1, 0.15) is 54.2 Å². The number of amides is 1. The van der Waals surface area contributed by atoms with E-state index in [0.717, 1.165) is 37.7 Å². The van der Waals surface area contributed by atoms with Gasteiger partial charge in [-0.2, -0.15) is 0 Å². The van der Waals surface area contributed by atoms with E-state index in [1.54, 1.807) is 18.2 Å². The van der Waals surface area contributed by atoms with Crippen molar-refractivity contribution in [1.82, 2.24) is 9.47 Å². The van der Waals surface area contributed by atoms with Crippen molar-refractivity contribution >= 4 is 11.9 Å². The second-order valence-electron chi connectivity index (χ2n) is 7.76. The maximum atomic E-state index is 13.4. The number of aromatic nitrogens is 1. The van der Waals surface area contributed by atoms with Gasteiger partial charge in [0.2, 0.25) is 5.91 Å². The van der Waals surface area contributed by atoms with Gasteiger partial charge in [-0.3, -0.25) is 4.79 Å². The molecule has 1 aliphatic heterocycles. The minimum absolute atomic E-state index is 0.157. The third kappa shape index (κ3) is 3.11. The van der Waals surface area contributed by atoms with E-state index in [1.807, 2.05) is 21.7 Å². The summed E-state index contributed by atoms with van der Waals surface area (Å²) < 4.78 is 20.1. The highest BCUT2D eigenvalue weighted by Crippen LogP contribution is 2.45. The number of carbonyl (C=O) groups is 2. The summed E-state index contributed by atoms with van der Waals surface area (Å²) in [5.74, 6) is -0.461. The molecule has 6 heteroatoms. The summed E-state index contributed by atoms with van der Waals surface area (Å²) in [5, 5.41) is 0. The van der Waals surface area contributed by atoms with E-state index in [-0.39, 0.29) is 23.7 Å². The second-order valence-corrected chi connectivity index (χ2v) is 7.76. The Morgan fingerprint density at radius 2 is 1.79 bits per heavy atom. The summed E-state index contributed by atoms with van der Waals surface area (Å²) >= 11 is 0. The first-order chi connectivity index (χ1) is 13.5. The van der Waals surface area contributed by atoms with E-state index < -0.39 is 5.41 Å². The molecule has 1 amide bonds. The molecule has 148 valence electrons. The predicted molar refractivity (Wildman–Crippen MR) is 103 cm³/mol. The van der Waals surface area contributed by atoms with Crippen LogP contribution in [0.15, 0.2) is 42.6 Å². The molecule has 2 aliphatic rings. The van der Waals surface area contributed by atoms with Gasteiger partial charge in [0.25, 0.3) is 0 Å². The molecule has 0 N–H and O–H groups in total. The number of ether oxygens (including phenoxy) is 1. The molecule has 28 heavy (non-hydrogen) atoms. The monoisotopic (exact) mass is 384 g/mol. The zero-order valence-corrected chi connectivity index (χ0v) is 16.1. The molecule has 1 saturated heterocycles. The lowest BCUT2D eigenvalue weighted by molar-refractivity contribution is -0.142. The topological polar surface area (TPSA) is 51.5 Å². The van der Waals surface area contributed by atoms with Crippen molar-refractivity contribution in [1.29, 1.82) is 0 Å². The molecule has 0 atom stereocenters. The van der Waals surface area contributed by atoms with E-state index in [1.165, 1.54) is 19.2 Å². The number of halogens is 1. The minimum atomic E-state index is -0.495. The molecule has 4 rings (SSSR count). The number of hydrogen-bond acceptors (Lipinski definition) is 3. The summed E-state index contributed by atoms with van der Waals surface area (Å²) in [6, 6.07) is 10.2. The lowest BCUT2D eigenvalue weighted by Crippen LogP contribution is -2.53. The maximum Gasteiger partial charge on any atom is 0.354 e. The molecular formula is C22H25FN2O3. The number of piperidine rings is 1. The number of rotatable bonds is 4. The van der Waals surface area contributed by atoms with E-state index in [9.17, 15) is 14.0 Å². The summed E-state index contributed by atoms with van der Waals surface area (Å²) in [7, 11) is 1.38. The van der Waals surface area contributed by atoms with Gasteiger partial charge in [0.1, 0.15) is 11.5 Å². The standard InChI is InChI=1S/C22H25FN2O3/c1-28-20(26)19-4-2-13-25(19)18-9-14-24(15-10-18)21(27)22(11-3-12-22)16-5-7-17(23)8-6-16/h2,4-8,13,18H,3,9-12,14-15H2,1H3. The van der Waals surface area contributed by atoms with Crippen LogP contribution in [0.25, 0.3) is 0 Å². The van der Waals surface area contributed by atoms with Crippen LogP contribution in [0, 0.1) is 5.82 Å². The van der Waals surface area contributed by atoms with Crippen molar-refractivity contribution in [2.45, 2.75) is 43.6 Å². The summed E-state index contributed by atoms with van der Waals surface area (Å²) in [5.41, 5.74) is 0.977. The van der Waals surface area contributed by atoms with Gasteiger partial charge in [-0.25, -0.2) is 9.18 Å². The third-order valence-corrected chi connectivity index (χ3v) is 6.33. The molecule has 2 fully saturated rings. The average Bonchev–Trinajstić information content (AvgIpc) is 3.18. The van der Waals surface area contributed by atoms with E-state index >= 15 is 0 Å². The first-order valence-electron chi connectivity index (χ1n) is 9.86. The Balaban J connectivity index is 1.46. The molecule has 0 unspecified atom stereocenters. The zero-order chi connectivity index (χ0) is 19.7. The number of methoxy groups -OCH3 is 1. The molecule has 5 nitrogen and oxygen atoms in total. The van der Waals surface area contributed by atoms with Crippen LogP contribution >= 0.6 is 0 Å². The Hall–Kier alpha value is -2.63. The molecule has 0 radical (unpaired) electrons. The molecule has 1 saturated carbocycles. The van der Waals surface area contributed by atoms with Crippen LogP contribution in [0.4, 0.5) is 4.39 Å². The Morgan fingerprint density at radius 1 is 1.11 bits per heavy atom. The number of likely N-dealkylation sites (tertiary alicyclic amines) is 1. The lowest BCUT2D eigenvalue weighted by atomic mass is 9.63. The first kappa shape index (κ1) is 18.7. The third-order valence-electron chi connectivity index (χ3n) is 6.33. The zero-order valence-electron chi connectivity index (χ0n) is 16.1. The highest BCUT2D eigenvalue weighted by molar-refractivity contribution is 5.89. The summed E-state index contributed by atoms with van der Waals surface area (Å²) in [4.78, 5) is 27.2. The molecule has 2 aromatic rings. The van der Waals surface area contributed by atoms with Crippen molar-refractivity contribution < 1.29 is 18.7 Å². The van der Waals surface area contributed by atoms with Crippen LogP contribution in [-0.2, 0) is 14.9 Å². The number of esters is 1. The highest BCUT2D eigenvalue weighted by Gasteiger charge is 2.48. The number of benzene rings is 1. The van der Waals surface area contributed by atoms with Gasteiger partial charge in [0.05, 0.1) is 12.5 Å². The molecular weight excluding hydrogens is 359 g/mol. The summed E-state index contributed by atoms with van der Waals surface area (Å²) in [6.45, 7) is 1.32. The molecule has 0 bridgehead atoms. The van der Waals surface area contributed by atoms with Crippen molar-refractivity contribution in [2.75, 3.05) is 20.2 Å². The minimum Gasteiger partial charge on any atom is -0.464 e. The molecule has 1 aromatic heterocycles. The number of hydrogen-bond donors (Lipinski definition) is 0. The van der Waals surface area contributed by atoms with Crippen LogP contribution in [-0.4, -0.2) is 41.5 Å². The Bertz CT molecular complexity index is 862. The fraction of sp³-hybridized carbons (Fsp3) is 0.455. The van der Waals surface area contributed by atoms with Crippen molar-refractivity contribution in [3.8, 4) is 0 Å². The van der Waals surface area contributed by atoms with E-state index in [0.29, 0.717) is 18.8 Å². The van der Waals surface area contributed by atoms with E-state index in [4.69, 9.17) is 4.74 Å². The van der Waals surface area contributed by atoms with Gasteiger partial charge in [0, 0.05) is 25.3 Å². The lowest BCUT2D eigenvalue weighted by Gasteiger charge is -2.45. The largest absolute Gasteiger partial charge is 0.464 e. The normalized spacial score (nSPS) is 19.1. The fourth-order valence-electron chi connectivity index (χ4n) is 4.56. The maximum absolute atomic E-state index is 13.4. The van der Waals surface area contributed by atoms with Gasteiger partial charge in [-0.05, 0) is 55.5 Å². The fourth-order valence-corrected chi connectivity index (χ4v) is 4.56.